The van der Waals surface area contributed by atoms with Crippen LogP contribution in [-0.4, -0.2) is 57.4 Å². The molecule has 3 aromatic heterocycles. The highest BCUT2D eigenvalue weighted by Gasteiger charge is 2.27. The zero-order valence-corrected chi connectivity index (χ0v) is 13.8. The van der Waals surface area contributed by atoms with Crippen molar-refractivity contribution < 1.29 is 8.42 Å². The normalized spacial score (nSPS) is 18.0. The zero-order valence-electron chi connectivity index (χ0n) is 12.9. The summed E-state index contributed by atoms with van der Waals surface area (Å²) < 4.78 is 28.9. The van der Waals surface area contributed by atoms with Gasteiger partial charge in [0, 0.05) is 19.3 Å². The van der Waals surface area contributed by atoms with Gasteiger partial charge in [-0.25, -0.2) is 13.1 Å². The molecule has 3 aromatic rings. The number of aromatic nitrogens is 6. The third kappa shape index (κ3) is 2.83. The second-order valence-corrected chi connectivity index (χ2v) is 7.58. The number of rotatable bonds is 4. The minimum Gasteiger partial charge on any atom is -0.347 e. The highest BCUT2D eigenvalue weighted by molar-refractivity contribution is 7.88. The van der Waals surface area contributed by atoms with Gasteiger partial charge in [-0.2, -0.15) is 9.61 Å². The van der Waals surface area contributed by atoms with E-state index in [0.29, 0.717) is 18.7 Å². The molecule has 0 fully saturated rings. The number of fused-ring (bicyclic) bond motifs is 2. The highest BCUT2D eigenvalue weighted by atomic mass is 32.2. The Morgan fingerprint density at radius 1 is 1.33 bits per heavy atom. The van der Waals surface area contributed by atoms with E-state index >= 15 is 0 Å². The van der Waals surface area contributed by atoms with E-state index < -0.39 is 10.0 Å². The van der Waals surface area contributed by atoms with Crippen molar-refractivity contribution in [2.24, 2.45) is 0 Å². The van der Waals surface area contributed by atoms with Gasteiger partial charge < -0.3 is 4.90 Å². The summed E-state index contributed by atoms with van der Waals surface area (Å²) in [5.74, 6) is 0.777. The van der Waals surface area contributed by atoms with Crippen LogP contribution in [0.5, 0.6) is 0 Å². The van der Waals surface area contributed by atoms with Gasteiger partial charge in [0.15, 0.2) is 5.65 Å². The topological polar surface area (TPSA) is 110 Å². The van der Waals surface area contributed by atoms with Crippen molar-refractivity contribution in [3.63, 3.8) is 0 Å². The molecule has 0 aromatic carbocycles. The standard InChI is InChI=1S/C13H16N8O2S/c1-24(22,23)16-6-11-8-19(7-10-4-5-15-21(10)11)13-3-2-12-17-14-9-20(12)18-13/h2-5,9,11,16H,6-8H2,1H3. The quantitative estimate of drug-likeness (QED) is 0.672. The van der Waals surface area contributed by atoms with Crippen LogP contribution < -0.4 is 9.62 Å². The van der Waals surface area contributed by atoms with E-state index in [0.717, 1.165) is 17.8 Å². The summed E-state index contributed by atoms with van der Waals surface area (Å²) in [6.07, 6.45) is 4.43. The molecule has 0 bridgehead atoms. The van der Waals surface area contributed by atoms with Gasteiger partial charge in [0.2, 0.25) is 10.0 Å². The Labute approximate surface area is 138 Å². The van der Waals surface area contributed by atoms with Crippen molar-refractivity contribution in [1.82, 2.24) is 34.3 Å². The maximum absolute atomic E-state index is 11.4. The van der Waals surface area contributed by atoms with Crippen LogP contribution in [0.3, 0.4) is 0 Å². The van der Waals surface area contributed by atoms with E-state index in [-0.39, 0.29) is 12.6 Å². The van der Waals surface area contributed by atoms with Crippen molar-refractivity contribution in [2.75, 3.05) is 24.2 Å². The van der Waals surface area contributed by atoms with Gasteiger partial charge in [-0.3, -0.25) is 4.68 Å². The van der Waals surface area contributed by atoms with Crippen LogP contribution in [0.25, 0.3) is 5.65 Å². The number of nitrogens with zero attached hydrogens (tertiary/aromatic N) is 7. The van der Waals surface area contributed by atoms with Crippen LogP contribution in [0.2, 0.25) is 0 Å². The fraction of sp³-hybridized carbons (Fsp3) is 0.385. The second-order valence-electron chi connectivity index (χ2n) is 5.75. The molecule has 0 saturated carbocycles. The van der Waals surface area contributed by atoms with E-state index in [1.165, 1.54) is 0 Å². The van der Waals surface area contributed by atoms with Gasteiger partial charge in [-0.1, -0.05) is 0 Å². The molecule has 10 nitrogen and oxygen atoms in total. The number of sulfonamides is 1. The molecule has 1 aliphatic rings. The molecule has 0 saturated heterocycles. The van der Waals surface area contributed by atoms with Gasteiger partial charge in [0.25, 0.3) is 0 Å². The second kappa shape index (κ2) is 5.53. The zero-order chi connectivity index (χ0) is 16.7. The summed E-state index contributed by atoms with van der Waals surface area (Å²) in [6.45, 7) is 1.52. The Morgan fingerprint density at radius 2 is 2.21 bits per heavy atom. The summed E-state index contributed by atoms with van der Waals surface area (Å²) in [6, 6.07) is 5.55. The summed E-state index contributed by atoms with van der Waals surface area (Å²) in [7, 11) is -3.26. The van der Waals surface area contributed by atoms with E-state index in [1.807, 2.05) is 22.9 Å². The monoisotopic (exact) mass is 348 g/mol. The molecule has 0 amide bonds. The van der Waals surface area contributed by atoms with Crippen LogP contribution in [-0.2, 0) is 16.6 Å². The predicted octanol–water partition coefficient (Wildman–Crippen LogP) is -0.569. The van der Waals surface area contributed by atoms with Crippen LogP contribution in [0.4, 0.5) is 5.82 Å². The first kappa shape index (κ1) is 15.0. The van der Waals surface area contributed by atoms with Crippen molar-refractivity contribution in [3.05, 3.63) is 36.4 Å². The van der Waals surface area contributed by atoms with Crippen molar-refractivity contribution in [3.8, 4) is 0 Å². The summed E-state index contributed by atoms with van der Waals surface area (Å²) in [5.41, 5.74) is 1.68. The molecule has 0 spiro atoms. The van der Waals surface area contributed by atoms with Crippen molar-refractivity contribution in [1.29, 1.82) is 0 Å². The molecular weight excluding hydrogens is 332 g/mol. The minimum atomic E-state index is -3.26. The van der Waals surface area contributed by atoms with Gasteiger partial charge in [0.1, 0.15) is 12.1 Å². The lowest BCUT2D eigenvalue weighted by molar-refractivity contribution is 0.393. The number of nitrogens with one attached hydrogen (secondary N) is 1. The average molecular weight is 348 g/mol. The van der Waals surface area contributed by atoms with E-state index in [9.17, 15) is 8.42 Å². The SMILES string of the molecule is CS(=O)(=O)NCC1CN(c2ccc3nncn3n2)Cc2ccnn21. The highest BCUT2D eigenvalue weighted by Crippen LogP contribution is 2.24. The summed E-state index contributed by atoms with van der Waals surface area (Å²) in [5, 5.41) is 16.6. The van der Waals surface area contributed by atoms with E-state index in [1.54, 1.807) is 17.0 Å². The van der Waals surface area contributed by atoms with Crippen LogP contribution in [0, 0.1) is 0 Å². The Hall–Kier alpha value is -2.53. The molecule has 0 aliphatic carbocycles. The first-order valence-electron chi connectivity index (χ1n) is 7.39. The largest absolute Gasteiger partial charge is 0.347 e. The first-order chi connectivity index (χ1) is 11.5. The third-order valence-corrected chi connectivity index (χ3v) is 4.63. The summed E-state index contributed by atoms with van der Waals surface area (Å²) >= 11 is 0. The number of hydrogen-bond acceptors (Lipinski definition) is 7. The van der Waals surface area contributed by atoms with Crippen molar-refractivity contribution in [2.45, 2.75) is 12.6 Å². The van der Waals surface area contributed by atoms with Gasteiger partial charge in [-0.15, -0.1) is 15.3 Å². The molecule has 11 heteroatoms. The Kier molecular flexibility index (Phi) is 3.46. The maximum Gasteiger partial charge on any atom is 0.208 e. The minimum absolute atomic E-state index is 0.114. The maximum atomic E-state index is 11.4. The fourth-order valence-corrected chi connectivity index (χ4v) is 3.34. The van der Waals surface area contributed by atoms with E-state index in [4.69, 9.17) is 0 Å². The first-order valence-corrected chi connectivity index (χ1v) is 9.28. The Balaban J connectivity index is 1.63. The molecule has 4 rings (SSSR count). The molecule has 126 valence electrons. The van der Waals surface area contributed by atoms with Gasteiger partial charge in [-0.05, 0) is 18.2 Å². The lowest BCUT2D eigenvalue weighted by atomic mass is 10.2. The molecule has 1 atom stereocenters. The predicted molar refractivity (Wildman–Crippen MR) is 85.9 cm³/mol. The lowest BCUT2D eigenvalue weighted by Gasteiger charge is -2.34. The number of anilines is 1. The molecule has 24 heavy (non-hydrogen) atoms. The molecule has 1 N–H and O–H groups in total. The molecule has 0 radical (unpaired) electrons. The van der Waals surface area contributed by atoms with Crippen LogP contribution in [0.15, 0.2) is 30.7 Å². The van der Waals surface area contributed by atoms with E-state index in [2.05, 4.69) is 30.0 Å². The lowest BCUT2D eigenvalue weighted by Crippen LogP contribution is -2.43. The van der Waals surface area contributed by atoms with Crippen molar-refractivity contribution >= 4 is 21.5 Å². The Bertz CT molecular complexity index is 979. The molecular formula is C13H16N8O2S. The smallest absolute Gasteiger partial charge is 0.208 e. The summed E-state index contributed by atoms with van der Waals surface area (Å²) in [4.78, 5) is 2.09. The fourth-order valence-electron chi connectivity index (χ4n) is 2.85. The average Bonchev–Trinajstić information content (AvgIpc) is 3.19. The molecule has 1 unspecified atom stereocenters. The Morgan fingerprint density at radius 3 is 3.04 bits per heavy atom. The van der Waals surface area contributed by atoms with Gasteiger partial charge in [0.05, 0.1) is 24.5 Å². The van der Waals surface area contributed by atoms with Gasteiger partial charge >= 0.3 is 0 Å². The van der Waals surface area contributed by atoms with Crippen LogP contribution >= 0.6 is 0 Å². The van der Waals surface area contributed by atoms with Crippen LogP contribution in [0.1, 0.15) is 11.7 Å². The molecule has 1 aliphatic heterocycles. The molecule has 4 heterocycles. The number of hydrogen-bond donors (Lipinski definition) is 1. The third-order valence-electron chi connectivity index (χ3n) is 3.93.